The number of hydrogen-bond donors (Lipinski definition) is 0. The van der Waals surface area contributed by atoms with Crippen molar-refractivity contribution in [3.05, 3.63) is 83.9 Å². The second-order valence-corrected chi connectivity index (χ2v) is 8.20. The van der Waals surface area contributed by atoms with Gasteiger partial charge in [0.25, 0.3) is 0 Å². The predicted molar refractivity (Wildman–Crippen MR) is 114 cm³/mol. The van der Waals surface area contributed by atoms with E-state index < -0.39 is 12.6 Å². The van der Waals surface area contributed by atoms with Gasteiger partial charge in [-0.3, -0.25) is 4.79 Å². The minimum atomic E-state index is -0.542. The first kappa shape index (κ1) is 20.4. The number of carbonyl (C=O) groups excluding carboxylic acids is 1. The van der Waals surface area contributed by atoms with Crippen molar-refractivity contribution in [2.75, 3.05) is 13.7 Å². The molecule has 3 aliphatic heterocycles. The number of amides is 1. The molecule has 2 saturated heterocycles. The van der Waals surface area contributed by atoms with Crippen LogP contribution in [0.3, 0.4) is 0 Å². The van der Waals surface area contributed by atoms with Gasteiger partial charge >= 0.3 is 0 Å². The van der Waals surface area contributed by atoms with Gasteiger partial charge in [-0.05, 0) is 18.1 Å². The van der Waals surface area contributed by atoms with E-state index in [1.165, 1.54) is 0 Å². The molecule has 1 amide bonds. The molecule has 2 aromatic carbocycles. The van der Waals surface area contributed by atoms with Crippen LogP contribution in [0.5, 0.6) is 0 Å². The second-order valence-electron chi connectivity index (χ2n) is 8.20. The third-order valence-corrected chi connectivity index (χ3v) is 6.32. The number of benzene rings is 2. The Bertz CT molecular complexity index is 918. The highest BCUT2D eigenvalue weighted by Gasteiger charge is 2.52. The van der Waals surface area contributed by atoms with Crippen LogP contribution in [-0.4, -0.2) is 49.1 Å². The van der Waals surface area contributed by atoms with E-state index in [4.69, 9.17) is 18.9 Å². The molecule has 6 nitrogen and oxygen atoms in total. The average molecular weight is 421 g/mol. The highest BCUT2D eigenvalue weighted by atomic mass is 16.7. The Morgan fingerprint density at radius 3 is 2.52 bits per heavy atom. The molecule has 2 fully saturated rings. The number of rotatable bonds is 4. The third kappa shape index (κ3) is 4.04. The Labute approximate surface area is 182 Å². The van der Waals surface area contributed by atoms with Gasteiger partial charge in [-0.2, -0.15) is 0 Å². The van der Waals surface area contributed by atoms with Crippen LogP contribution in [0.2, 0.25) is 0 Å². The average Bonchev–Trinajstić information content (AvgIpc) is 2.98. The lowest BCUT2D eigenvalue weighted by Gasteiger charge is -2.51. The first-order valence-electron chi connectivity index (χ1n) is 10.8. The van der Waals surface area contributed by atoms with Gasteiger partial charge in [0.15, 0.2) is 12.6 Å². The fourth-order valence-corrected chi connectivity index (χ4v) is 4.85. The monoisotopic (exact) mass is 421 g/mol. The number of nitrogens with zero attached hydrogens (tertiary/aromatic N) is 1. The molecular formula is C25H27NO5. The summed E-state index contributed by atoms with van der Waals surface area (Å²) in [4.78, 5) is 14.9. The van der Waals surface area contributed by atoms with Crippen LogP contribution < -0.4 is 0 Å². The summed E-state index contributed by atoms with van der Waals surface area (Å²) in [6, 6.07) is 19.7. The van der Waals surface area contributed by atoms with Crippen LogP contribution in [0, 0.1) is 5.92 Å². The van der Waals surface area contributed by atoms with Crippen molar-refractivity contribution in [2.24, 2.45) is 5.92 Å². The lowest BCUT2D eigenvalue weighted by Crippen LogP contribution is -2.64. The van der Waals surface area contributed by atoms with Crippen LogP contribution in [0.15, 0.2) is 72.8 Å². The van der Waals surface area contributed by atoms with Gasteiger partial charge in [0.2, 0.25) is 5.91 Å². The molecule has 0 radical (unpaired) electrons. The minimum Gasteiger partial charge on any atom is -0.354 e. The zero-order valence-corrected chi connectivity index (χ0v) is 17.5. The normalized spacial score (nSPS) is 32.8. The Balaban J connectivity index is 1.45. The van der Waals surface area contributed by atoms with Gasteiger partial charge in [0.05, 0.1) is 18.8 Å². The van der Waals surface area contributed by atoms with Crippen LogP contribution in [0.1, 0.15) is 23.8 Å². The molecule has 0 aliphatic carbocycles. The summed E-state index contributed by atoms with van der Waals surface area (Å²) < 4.78 is 24.4. The molecule has 5 rings (SSSR count). The van der Waals surface area contributed by atoms with E-state index in [0.29, 0.717) is 19.6 Å². The summed E-state index contributed by atoms with van der Waals surface area (Å²) in [5.74, 6) is -0.00246. The molecular weight excluding hydrogens is 394 g/mol. The number of ether oxygens (including phenoxy) is 4. The topological polar surface area (TPSA) is 57.2 Å². The van der Waals surface area contributed by atoms with Crippen LogP contribution in [0.4, 0.5) is 0 Å². The maximum atomic E-state index is 13.0. The van der Waals surface area contributed by atoms with Crippen molar-refractivity contribution < 1.29 is 23.7 Å². The lowest BCUT2D eigenvalue weighted by molar-refractivity contribution is -0.341. The number of allylic oxidation sites excluding steroid dienone is 1. The van der Waals surface area contributed by atoms with Crippen LogP contribution >= 0.6 is 0 Å². The molecule has 3 heterocycles. The van der Waals surface area contributed by atoms with Crippen LogP contribution in [0.25, 0.3) is 0 Å². The van der Waals surface area contributed by atoms with E-state index in [0.717, 1.165) is 11.1 Å². The standard InChI is InChI=1S/C25H27NO5/c1-28-25-22-19(13-8-14-21(27)26(22)15-17-9-4-2-5-10-17)23-20(30-25)16-29-24(31-23)18-11-6-3-7-12-18/h2-12,14,19-20,22-25H,13,15-16H2,1H3/t19-,20-,22-,23+,24-,25+/m1/s1. The molecule has 0 spiro atoms. The number of methoxy groups -OCH3 is 1. The fourth-order valence-electron chi connectivity index (χ4n) is 4.85. The summed E-state index contributed by atoms with van der Waals surface area (Å²) in [5, 5.41) is 0. The van der Waals surface area contributed by atoms with E-state index in [-0.39, 0.29) is 30.1 Å². The molecule has 0 saturated carbocycles. The SMILES string of the molecule is CO[C@H]1O[C@@H]2CO[C@@H](c3ccccc3)O[C@H]2[C@@H]2CC=CC(=O)N(Cc3ccccc3)[C@@H]12. The van der Waals surface area contributed by atoms with Gasteiger partial charge in [-0.25, -0.2) is 0 Å². The van der Waals surface area contributed by atoms with E-state index in [9.17, 15) is 4.79 Å². The summed E-state index contributed by atoms with van der Waals surface area (Å²) in [5.41, 5.74) is 2.05. The van der Waals surface area contributed by atoms with Gasteiger partial charge in [-0.1, -0.05) is 66.7 Å². The number of fused-ring (bicyclic) bond motifs is 3. The van der Waals surface area contributed by atoms with Crippen molar-refractivity contribution in [1.82, 2.24) is 4.90 Å². The van der Waals surface area contributed by atoms with Gasteiger partial charge < -0.3 is 23.8 Å². The number of carbonyl (C=O) groups is 1. The van der Waals surface area contributed by atoms with Crippen molar-refractivity contribution in [3.63, 3.8) is 0 Å². The minimum absolute atomic E-state index is 0.0326. The molecule has 6 heteroatoms. The second kappa shape index (κ2) is 8.93. The highest BCUT2D eigenvalue weighted by molar-refractivity contribution is 5.88. The first-order valence-corrected chi connectivity index (χ1v) is 10.8. The van der Waals surface area contributed by atoms with E-state index in [2.05, 4.69) is 0 Å². The molecule has 0 bridgehead atoms. The largest absolute Gasteiger partial charge is 0.354 e. The highest BCUT2D eigenvalue weighted by Crippen LogP contribution is 2.41. The summed E-state index contributed by atoms with van der Waals surface area (Å²) >= 11 is 0. The van der Waals surface area contributed by atoms with Crippen molar-refractivity contribution in [2.45, 2.75) is 43.8 Å². The van der Waals surface area contributed by atoms with Crippen molar-refractivity contribution in [1.29, 1.82) is 0 Å². The van der Waals surface area contributed by atoms with Crippen LogP contribution in [-0.2, 0) is 30.3 Å². The third-order valence-electron chi connectivity index (χ3n) is 6.32. The quantitative estimate of drug-likeness (QED) is 0.757. The Morgan fingerprint density at radius 2 is 1.77 bits per heavy atom. The van der Waals surface area contributed by atoms with Crippen molar-refractivity contribution >= 4 is 5.91 Å². The molecule has 6 atom stereocenters. The maximum absolute atomic E-state index is 13.0. The Kier molecular flexibility index (Phi) is 5.87. The molecule has 0 aromatic heterocycles. The Morgan fingerprint density at radius 1 is 1.03 bits per heavy atom. The first-order chi connectivity index (χ1) is 15.2. The lowest BCUT2D eigenvalue weighted by atomic mass is 9.83. The maximum Gasteiger partial charge on any atom is 0.246 e. The summed E-state index contributed by atoms with van der Waals surface area (Å²) in [7, 11) is 1.63. The van der Waals surface area contributed by atoms with E-state index in [1.807, 2.05) is 71.6 Å². The fraction of sp³-hybridized carbons (Fsp3) is 0.400. The smallest absolute Gasteiger partial charge is 0.246 e. The van der Waals surface area contributed by atoms with Gasteiger partial charge in [0.1, 0.15) is 6.10 Å². The zero-order chi connectivity index (χ0) is 21.2. The van der Waals surface area contributed by atoms with E-state index in [1.54, 1.807) is 13.2 Å². The molecule has 162 valence electrons. The van der Waals surface area contributed by atoms with E-state index >= 15 is 0 Å². The molecule has 0 unspecified atom stereocenters. The predicted octanol–water partition coefficient (Wildman–Crippen LogP) is 3.45. The van der Waals surface area contributed by atoms with Crippen molar-refractivity contribution in [3.8, 4) is 0 Å². The molecule has 0 N–H and O–H groups in total. The zero-order valence-electron chi connectivity index (χ0n) is 17.5. The van der Waals surface area contributed by atoms with Gasteiger partial charge in [0, 0.05) is 25.1 Å². The van der Waals surface area contributed by atoms with Gasteiger partial charge in [-0.15, -0.1) is 0 Å². The summed E-state index contributed by atoms with van der Waals surface area (Å²) in [6.07, 6.45) is 2.90. The Hall–Kier alpha value is -2.51. The number of hydrogen-bond acceptors (Lipinski definition) is 5. The molecule has 3 aliphatic rings. The summed E-state index contributed by atoms with van der Waals surface area (Å²) in [6.45, 7) is 0.911. The molecule has 2 aromatic rings. The molecule has 31 heavy (non-hydrogen) atoms.